The van der Waals surface area contributed by atoms with Crippen molar-refractivity contribution in [1.29, 1.82) is 0 Å². The minimum atomic E-state index is -0.404. The summed E-state index contributed by atoms with van der Waals surface area (Å²) in [6, 6.07) is 11.2. The van der Waals surface area contributed by atoms with Crippen molar-refractivity contribution in [2.45, 2.75) is 26.2 Å². The fraction of sp³-hybridized carbons (Fsp3) is 0.333. The van der Waals surface area contributed by atoms with Gasteiger partial charge in [-0.2, -0.15) is 0 Å². The molecular formula is C21H24N4O3. The van der Waals surface area contributed by atoms with Crippen LogP contribution in [0, 0.1) is 5.92 Å². The molecule has 1 saturated heterocycles. The van der Waals surface area contributed by atoms with Crippen LogP contribution in [0.4, 0.5) is 11.4 Å². The molecule has 1 atom stereocenters. The van der Waals surface area contributed by atoms with Crippen LogP contribution in [0.2, 0.25) is 0 Å². The maximum atomic E-state index is 12.4. The van der Waals surface area contributed by atoms with Crippen molar-refractivity contribution >= 4 is 29.1 Å². The Bertz CT molecular complexity index is 854. The molecule has 2 N–H and O–H groups in total. The van der Waals surface area contributed by atoms with Crippen molar-refractivity contribution in [3.8, 4) is 0 Å². The molecule has 3 rings (SSSR count). The van der Waals surface area contributed by atoms with Gasteiger partial charge in [-0.05, 0) is 30.2 Å². The van der Waals surface area contributed by atoms with E-state index >= 15 is 0 Å². The Labute approximate surface area is 164 Å². The average Bonchev–Trinajstić information content (AvgIpc) is 3.10. The second-order valence-electron chi connectivity index (χ2n) is 6.72. The molecule has 1 aliphatic heterocycles. The van der Waals surface area contributed by atoms with Crippen LogP contribution in [0.1, 0.15) is 25.3 Å². The zero-order valence-electron chi connectivity index (χ0n) is 15.9. The van der Waals surface area contributed by atoms with Crippen LogP contribution in [-0.2, 0) is 20.8 Å². The number of carbonyl (C=O) groups excluding carboxylic acids is 3. The smallest absolute Gasteiger partial charge is 0.227 e. The normalized spacial score (nSPS) is 16.1. The highest BCUT2D eigenvalue weighted by Crippen LogP contribution is 2.28. The van der Waals surface area contributed by atoms with Gasteiger partial charge in [-0.3, -0.25) is 19.4 Å². The summed E-state index contributed by atoms with van der Waals surface area (Å²) in [4.78, 5) is 42.4. The number of aromatic nitrogens is 1. The zero-order valence-corrected chi connectivity index (χ0v) is 15.9. The van der Waals surface area contributed by atoms with Gasteiger partial charge in [0, 0.05) is 37.8 Å². The van der Waals surface area contributed by atoms with E-state index in [1.54, 1.807) is 29.4 Å². The highest BCUT2D eigenvalue weighted by Gasteiger charge is 2.35. The quantitative estimate of drug-likeness (QED) is 0.770. The van der Waals surface area contributed by atoms with Gasteiger partial charge >= 0.3 is 0 Å². The fourth-order valence-corrected chi connectivity index (χ4v) is 3.29. The lowest BCUT2D eigenvalue weighted by Crippen LogP contribution is -2.34. The standard InChI is InChI=1S/C21H24N4O3/c1-2-15-6-3-4-8-18(15)25-14-16(12-20(25)27)21(28)23-11-9-19(26)24-17-7-5-10-22-13-17/h3-8,10,13,16H,2,9,11-12,14H2,1H3,(H,23,28)(H,24,26). The number of amides is 3. The summed E-state index contributed by atoms with van der Waals surface area (Å²) < 4.78 is 0. The van der Waals surface area contributed by atoms with Gasteiger partial charge in [-0.25, -0.2) is 0 Å². The number of benzene rings is 1. The molecule has 1 aromatic carbocycles. The van der Waals surface area contributed by atoms with Gasteiger partial charge in [0.2, 0.25) is 17.7 Å². The third-order valence-corrected chi connectivity index (χ3v) is 4.76. The molecule has 2 aromatic rings. The van der Waals surface area contributed by atoms with Gasteiger partial charge in [-0.1, -0.05) is 25.1 Å². The lowest BCUT2D eigenvalue weighted by atomic mass is 10.1. The molecule has 2 heterocycles. The summed E-state index contributed by atoms with van der Waals surface area (Å²) in [5.74, 6) is -0.845. The van der Waals surface area contributed by atoms with Gasteiger partial charge in [-0.15, -0.1) is 0 Å². The van der Waals surface area contributed by atoms with Crippen LogP contribution in [0.3, 0.4) is 0 Å². The minimum absolute atomic E-state index is 0.0460. The maximum Gasteiger partial charge on any atom is 0.227 e. The number of aryl methyl sites for hydroxylation is 1. The van der Waals surface area contributed by atoms with Gasteiger partial charge < -0.3 is 15.5 Å². The predicted octanol–water partition coefficient (Wildman–Crippen LogP) is 2.14. The molecular weight excluding hydrogens is 356 g/mol. The van der Waals surface area contributed by atoms with Crippen LogP contribution in [-0.4, -0.2) is 35.8 Å². The Morgan fingerprint density at radius 2 is 2.04 bits per heavy atom. The summed E-state index contributed by atoms with van der Waals surface area (Å²) in [6.07, 6.45) is 4.35. The fourth-order valence-electron chi connectivity index (χ4n) is 3.29. The molecule has 0 spiro atoms. The Morgan fingerprint density at radius 1 is 1.21 bits per heavy atom. The summed E-state index contributed by atoms with van der Waals surface area (Å²) in [5, 5.41) is 5.49. The molecule has 7 nitrogen and oxygen atoms in total. The molecule has 3 amide bonds. The third-order valence-electron chi connectivity index (χ3n) is 4.76. The van der Waals surface area contributed by atoms with Crippen LogP contribution in [0.25, 0.3) is 0 Å². The Balaban J connectivity index is 1.49. The first kappa shape index (κ1) is 19.5. The monoisotopic (exact) mass is 380 g/mol. The first-order valence-electron chi connectivity index (χ1n) is 9.44. The zero-order chi connectivity index (χ0) is 19.9. The van der Waals surface area contributed by atoms with Crippen molar-refractivity contribution in [3.05, 3.63) is 54.4 Å². The van der Waals surface area contributed by atoms with Crippen LogP contribution >= 0.6 is 0 Å². The Hall–Kier alpha value is -3.22. The molecule has 146 valence electrons. The first-order valence-corrected chi connectivity index (χ1v) is 9.44. The van der Waals surface area contributed by atoms with Gasteiger partial charge in [0.05, 0.1) is 17.8 Å². The van der Waals surface area contributed by atoms with Crippen molar-refractivity contribution < 1.29 is 14.4 Å². The topological polar surface area (TPSA) is 91.4 Å². The number of hydrogen-bond donors (Lipinski definition) is 2. The molecule has 28 heavy (non-hydrogen) atoms. The lowest BCUT2D eigenvalue weighted by Gasteiger charge is -2.20. The van der Waals surface area contributed by atoms with E-state index in [0.717, 1.165) is 17.7 Å². The van der Waals surface area contributed by atoms with E-state index in [-0.39, 0.29) is 37.1 Å². The van der Waals surface area contributed by atoms with Crippen LogP contribution in [0.5, 0.6) is 0 Å². The highest BCUT2D eigenvalue weighted by atomic mass is 16.2. The van der Waals surface area contributed by atoms with E-state index in [0.29, 0.717) is 12.2 Å². The Morgan fingerprint density at radius 3 is 2.79 bits per heavy atom. The molecule has 1 fully saturated rings. The Kier molecular flexibility index (Phi) is 6.37. The van der Waals surface area contributed by atoms with E-state index in [1.807, 2.05) is 31.2 Å². The SMILES string of the molecule is CCc1ccccc1N1CC(C(=O)NCCC(=O)Nc2cccnc2)CC1=O. The number of nitrogens with one attached hydrogen (secondary N) is 2. The summed E-state index contributed by atoms with van der Waals surface area (Å²) in [7, 11) is 0. The van der Waals surface area contributed by atoms with Gasteiger partial charge in [0.1, 0.15) is 0 Å². The average molecular weight is 380 g/mol. The highest BCUT2D eigenvalue weighted by molar-refractivity contribution is 6.01. The summed E-state index contributed by atoms with van der Waals surface area (Å²) >= 11 is 0. The van der Waals surface area contributed by atoms with Crippen molar-refractivity contribution in [1.82, 2.24) is 10.3 Å². The molecule has 0 saturated carbocycles. The second-order valence-corrected chi connectivity index (χ2v) is 6.72. The number of hydrogen-bond acceptors (Lipinski definition) is 4. The number of para-hydroxylation sites is 1. The van der Waals surface area contributed by atoms with E-state index < -0.39 is 5.92 Å². The molecule has 1 aromatic heterocycles. The molecule has 1 aliphatic rings. The first-order chi connectivity index (χ1) is 13.6. The van der Waals surface area contributed by atoms with Gasteiger partial charge in [0.15, 0.2) is 0 Å². The van der Waals surface area contributed by atoms with E-state index in [9.17, 15) is 14.4 Å². The molecule has 0 aliphatic carbocycles. The number of pyridine rings is 1. The molecule has 1 unspecified atom stereocenters. The van der Waals surface area contributed by atoms with Crippen molar-refractivity contribution in [3.63, 3.8) is 0 Å². The molecule has 0 bridgehead atoms. The van der Waals surface area contributed by atoms with E-state index in [1.165, 1.54) is 0 Å². The third kappa shape index (κ3) is 4.73. The number of carbonyl (C=O) groups is 3. The summed E-state index contributed by atoms with van der Waals surface area (Å²) in [5.41, 5.74) is 2.58. The number of rotatable bonds is 7. The number of anilines is 2. The van der Waals surface area contributed by atoms with Crippen molar-refractivity contribution in [2.75, 3.05) is 23.3 Å². The van der Waals surface area contributed by atoms with Crippen molar-refractivity contribution in [2.24, 2.45) is 5.92 Å². The maximum absolute atomic E-state index is 12.4. The van der Waals surface area contributed by atoms with E-state index in [2.05, 4.69) is 15.6 Å². The minimum Gasteiger partial charge on any atom is -0.355 e. The number of nitrogens with zero attached hydrogens (tertiary/aromatic N) is 2. The molecule has 7 heteroatoms. The lowest BCUT2D eigenvalue weighted by molar-refractivity contribution is -0.126. The molecule has 0 radical (unpaired) electrons. The van der Waals surface area contributed by atoms with Crippen LogP contribution < -0.4 is 15.5 Å². The second kappa shape index (κ2) is 9.12. The largest absolute Gasteiger partial charge is 0.355 e. The van der Waals surface area contributed by atoms with E-state index in [4.69, 9.17) is 0 Å². The van der Waals surface area contributed by atoms with Gasteiger partial charge in [0.25, 0.3) is 0 Å². The summed E-state index contributed by atoms with van der Waals surface area (Å²) in [6.45, 7) is 2.63. The van der Waals surface area contributed by atoms with Crippen LogP contribution in [0.15, 0.2) is 48.8 Å². The predicted molar refractivity (Wildman–Crippen MR) is 107 cm³/mol.